The van der Waals surface area contributed by atoms with Crippen molar-refractivity contribution in [1.29, 1.82) is 0 Å². The molecule has 1 aromatic carbocycles. The number of benzene rings is 1. The molecule has 1 aliphatic rings. The number of fused-ring (bicyclic) bond motifs is 1. The molecule has 0 aliphatic heterocycles. The van der Waals surface area contributed by atoms with Crippen molar-refractivity contribution in [3.05, 3.63) is 30.0 Å². The molecule has 3 rings (SSSR count). The van der Waals surface area contributed by atoms with Crippen molar-refractivity contribution in [2.24, 2.45) is 11.7 Å². The van der Waals surface area contributed by atoms with Gasteiger partial charge in [-0.3, -0.25) is 9.59 Å². The van der Waals surface area contributed by atoms with E-state index in [1.807, 2.05) is 6.07 Å². The Bertz CT molecular complexity index is 669. The van der Waals surface area contributed by atoms with Crippen LogP contribution in [0.5, 0.6) is 0 Å². The third kappa shape index (κ3) is 2.15. The summed E-state index contributed by atoms with van der Waals surface area (Å²) in [6.45, 7) is 0. The number of furan rings is 1. The van der Waals surface area contributed by atoms with Gasteiger partial charge in [0, 0.05) is 11.3 Å². The number of hydrogen-bond donors (Lipinski definition) is 2. The van der Waals surface area contributed by atoms with Crippen LogP contribution >= 0.6 is 0 Å². The highest BCUT2D eigenvalue weighted by Crippen LogP contribution is 2.32. The highest BCUT2D eigenvalue weighted by atomic mass is 16.3. The minimum atomic E-state index is -0.678. The quantitative estimate of drug-likeness (QED) is 0.900. The van der Waals surface area contributed by atoms with Crippen molar-refractivity contribution in [3.8, 4) is 0 Å². The molecule has 0 spiro atoms. The van der Waals surface area contributed by atoms with E-state index >= 15 is 0 Å². The summed E-state index contributed by atoms with van der Waals surface area (Å²) < 4.78 is 5.43. The lowest BCUT2D eigenvalue weighted by Crippen LogP contribution is -2.22. The van der Waals surface area contributed by atoms with Crippen molar-refractivity contribution in [2.75, 3.05) is 5.32 Å². The van der Waals surface area contributed by atoms with Gasteiger partial charge < -0.3 is 15.5 Å². The van der Waals surface area contributed by atoms with Gasteiger partial charge in [-0.25, -0.2) is 0 Å². The minimum absolute atomic E-state index is 0.0116. The summed E-state index contributed by atoms with van der Waals surface area (Å²) in [4.78, 5) is 23.7. The van der Waals surface area contributed by atoms with E-state index in [0.717, 1.165) is 25.7 Å². The fraction of sp³-hybridized carbons (Fsp3) is 0.333. The largest absolute Gasteiger partial charge is 0.449 e. The lowest BCUT2D eigenvalue weighted by Gasteiger charge is -2.09. The topological polar surface area (TPSA) is 85.3 Å². The summed E-state index contributed by atoms with van der Waals surface area (Å²) in [6.07, 6.45) is 3.95. The molecular weight excluding hydrogens is 256 g/mol. The Morgan fingerprint density at radius 3 is 2.60 bits per heavy atom. The van der Waals surface area contributed by atoms with Crippen LogP contribution in [0.4, 0.5) is 5.69 Å². The van der Waals surface area contributed by atoms with E-state index in [9.17, 15) is 9.59 Å². The molecule has 20 heavy (non-hydrogen) atoms. The Balaban J connectivity index is 1.98. The van der Waals surface area contributed by atoms with E-state index in [1.165, 1.54) is 0 Å². The first-order chi connectivity index (χ1) is 9.66. The zero-order valence-corrected chi connectivity index (χ0v) is 11.0. The molecule has 0 unspecified atom stereocenters. The zero-order valence-electron chi connectivity index (χ0n) is 11.0. The molecule has 0 saturated heterocycles. The number of carbonyl (C=O) groups excluding carboxylic acids is 2. The van der Waals surface area contributed by atoms with Crippen LogP contribution in [0, 0.1) is 5.92 Å². The fourth-order valence-corrected chi connectivity index (χ4v) is 2.76. The maximum absolute atomic E-state index is 12.2. The molecule has 5 nitrogen and oxygen atoms in total. The van der Waals surface area contributed by atoms with E-state index in [4.69, 9.17) is 10.2 Å². The molecule has 1 fully saturated rings. The summed E-state index contributed by atoms with van der Waals surface area (Å²) in [5.41, 5.74) is 6.26. The van der Waals surface area contributed by atoms with Gasteiger partial charge in [0.1, 0.15) is 11.3 Å². The van der Waals surface area contributed by atoms with Crippen molar-refractivity contribution < 1.29 is 14.0 Å². The molecule has 2 aromatic rings. The number of carbonyl (C=O) groups is 2. The average molecular weight is 272 g/mol. The van der Waals surface area contributed by atoms with Gasteiger partial charge in [0.2, 0.25) is 11.7 Å². The third-order valence-electron chi connectivity index (χ3n) is 3.79. The number of rotatable bonds is 3. The number of nitrogens with two attached hydrogens (primary N) is 1. The standard InChI is InChI=1S/C15H16N2O3/c16-14(18)13-12(10-7-3-4-8-11(10)20-13)17-15(19)9-5-1-2-6-9/h3-4,7-9H,1-2,5-6H2,(H2,16,18)(H,17,19). The molecule has 0 radical (unpaired) electrons. The molecule has 5 heteroatoms. The Morgan fingerprint density at radius 1 is 1.20 bits per heavy atom. The van der Waals surface area contributed by atoms with E-state index in [0.29, 0.717) is 16.7 Å². The highest BCUT2D eigenvalue weighted by Gasteiger charge is 2.26. The number of primary amides is 1. The van der Waals surface area contributed by atoms with Crippen LogP contribution < -0.4 is 11.1 Å². The maximum Gasteiger partial charge on any atom is 0.286 e. The lowest BCUT2D eigenvalue weighted by atomic mass is 10.1. The van der Waals surface area contributed by atoms with Gasteiger partial charge in [-0.2, -0.15) is 0 Å². The molecule has 2 amide bonds. The molecule has 104 valence electrons. The molecule has 0 bridgehead atoms. The Kier molecular flexibility index (Phi) is 3.18. The number of hydrogen-bond acceptors (Lipinski definition) is 3. The second kappa shape index (κ2) is 5.00. The molecular formula is C15H16N2O3. The highest BCUT2D eigenvalue weighted by molar-refractivity contribution is 6.10. The smallest absolute Gasteiger partial charge is 0.286 e. The van der Waals surface area contributed by atoms with E-state index in [-0.39, 0.29) is 17.6 Å². The second-order valence-corrected chi connectivity index (χ2v) is 5.14. The number of amides is 2. The molecule has 1 saturated carbocycles. The minimum Gasteiger partial charge on any atom is -0.449 e. The maximum atomic E-state index is 12.2. The van der Waals surface area contributed by atoms with Crippen LogP contribution in [0.25, 0.3) is 11.0 Å². The van der Waals surface area contributed by atoms with Crippen molar-refractivity contribution in [2.45, 2.75) is 25.7 Å². The van der Waals surface area contributed by atoms with Crippen LogP contribution in [0.3, 0.4) is 0 Å². The van der Waals surface area contributed by atoms with Crippen molar-refractivity contribution in [3.63, 3.8) is 0 Å². The number of anilines is 1. The first-order valence-corrected chi connectivity index (χ1v) is 6.79. The van der Waals surface area contributed by atoms with Gasteiger partial charge in [0.15, 0.2) is 0 Å². The van der Waals surface area contributed by atoms with Gasteiger partial charge in [-0.1, -0.05) is 25.0 Å². The van der Waals surface area contributed by atoms with Crippen LogP contribution in [-0.2, 0) is 4.79 Å². The van der Waals surface area contributed by atoms with Gasteiger partial charge in [0.05, 0.1) is 0 Å². The van der Waals surface area contributed by atoms with Crippen molar-refractivity contribution >= 4 is 28.5 Å². The Hall–Kier alpha value is -2.30. The van der Waals surface area contributed by atoms with Crippen LogP contribution in [-0.4, -0.2) is 11.8 Å². The van der Waals surface area contributed by atoms with E-state index < -0.39 is 5.91 Å². The first kappa shape index (κ1) is 12.7. The summed E-state index contributed by atoms with van der Waals surface area (Å²) in [6, 6.07) is 7.18. The molecule has 3 N–H and O–H groups in total. The Labute approximate surface area is 116 Å². The SMILES string of the molecule is NC(=O)c1oc2ccccc2c1NC(=O)C1CCCC1. The summed E-state index contributed by atoms with van der Waals surface area (Å²) in [5.74, 6) is -0.707. The second-order valence-electron chi connectivity index (χ2n) is 5.14. The summed E-state index contributed by atoms with van der Waals surface area (Å²) in [7, 11) is 0. The van der Waals surface area contributed by atoms with E-state index in [1.54, 1.807) is 18.2 Å². The summed E-state index contributed by atoms with van der Waals surface area (Å²) in [5, 5.41) is 3.52. The predicted octanol–water partition coefficient (Wildman–Crippen LogP) is 2.66. The van der Waals surface area contributed by atoms with Crippen LogP contribution in [0.2, 0.25) is 0 Å². The molecule has 1 aromatic heterocycles. The van der Waals surface area contributed by atoms with Crippen molar-refractivity contribution in [1.82, 2.24) is 0 Å². The fourth-order valence-electron chi connectivity index (χ4n) is 2.76. The van der Waals surface area contributed by atoms with Crippen LogP contribution in [0.1, 0.15) is 36.2 Å². The predicted molar refractivity (Wildman–Crippen MR) is 75.3 cm³/mol. The number of nitrogens with one attached hydrogen (secondary N) is 1. The van der Waals surface area contributed by atoms with Gasteiger partial charge in [-0.05, 0) is 25.0 Å². The third-order valence-corrected chi connectivity index (χ3v) is 3.79. The molecule has 1 aliphatic carbocycles. The Morgan fingerprint density at radius 2 is 1.90 bits per heavy atom. The number of para-hydroxylation sites is 1. The molecule has 0 atom stereocenters. The first-order valence-electron chi connectivity index (χ1n) is 6.79. The van der Waals surface area contributed by atoms with Gasteiger partial charge in [0.25, 0.3) is 5.91 Å². The lowest BCUT2D eigenvalue weighted by molar-refractivity contribution is -0.119. The van der Waals surface area contributed by atoms with E-state index in [2.05, 4.69) is 5.32 Å². The monoisotopic (exact) mass is 272 g/mol. The summed E-state index contributed by atoms with van der Waals surface area (Å²) >= 11 is 0. The molecule has 1 heterocycles. The zero-order chi connectivity index (χ0) is 14.1. The average Bonchev–Trinajstić information content (AvgIpc) is 3.06. The van der Waals surface area contributed by atoms with Gasteiger partial charge in [-0.15, -0.1) is 0 Å². The van der Waals surface area contributed by atoms with Gasteiger partial charge >= 0.3 is 0 Å². The normalized spacial score (nSPS) is 15.6. The van der Waals surface area contributed by atoms with Crippen LogP contribution in [0.15, 0.2) is 28.7 Å².